The molecule has 0 fully saturated rings. The van der Waals surface area contributed by atoms with Crippen LogP contribution in [0.15, 0.2) is 35.7 Å². The minimum absolute atomic E-state index is 0.436. The van der Waals surface area contributed by atoms with E-state index in [0.717, 1.165) is 16.4 Å². The summed E-state index contributed by atoms with van der Waals surface area (Å²) < 4.78 is 0. The summed E-state index contributed by atoms with van der Waals surface area (Å²) in [6, 6.07) is 14.3. The molecule has 0 saturated carbocycles. The highest BCUT2D eigenvalue weighted by atomic mass is 32.1. The fourth-order valence-corrected chi connectivity index (χ4v) is 2.71. The van der Waals surface area contributed by atoms with Crippen molar-refractivity contribution >= 4 is 16.5 Å². The van der Waals surface area contributed by atoms with E-state index in [0.29, 0.717) is 25.9 Å². The third kappa shape index (κ3) is 3.57. The molecule has 5 heteroatoms. The first kappa shape index (κ1) is 14.0. The number of thiazole rings is 1. The van der Waals surface area contributed by atoms with Crippen molar-refractivity contribution in [1.29, 1.82) is 10.5 Å². The molecule has 2 rings (SSSR count). The van der Waals surface area contributed by atoms with Crippen LogP contribution in [0, 0.1) is 22.7 Å². The molecular weight excluding hydrogens is 268 g/mol. The Balaban J connectivity index is 2.16. The van der Waals surface area contributed by atoms with E-state index >= 15 is 0 Å². The second-order valence-electron chi connectivity index (χ2n) is 4.18. The molecule has 0 radical (unpaired) electrons. The average molecular weight is 282 g/mol. The van der Waals surface area contributed by atoms with E-state index in [9.17, 15) is 0 Å². The Morgan fingerprint density at radius 3 is 2.30 bits per heavy atom. The van der Waals surface area contributed by atoms with Crippen LogP contribution in [-0.2, 0) is 0 Å². The molecule has 1 heterocycles. The summed E-state index contributed by atoms with van der Waals surface area (Å²) in [6.07, 6.45) is 0.872. The fraction of sp³-hybridized carbons (Fsp3) is 0.267. The van der Waals surface area contributed by atoms with E-state index < -0.39 is 0 Å². The van der Waals surface area contributed by atoms with Crippen LogP contribution in [0.1, 0.15) is 12.8 Å². The van der Waals surface area contributed by atoms with Gasteiger partial charge in [0.15, 0.2) is 5.13 Å². The predicted octanol–water partition coefficient (Wildman–Crippen LogP) is 3.44. The lowest BCUT2D eigenvalue weighted by atomic mass is 10.2. The zero-order chi connectivity index (χ0) is 14.2. The molecular formula is C15H14N4S. The topological polar surface area (TPSA) is 63.7 Å². The Labute approximate surface area is 122 Å². The molecule has 0 unspecified atom stereocenters. The summed E-state index contributed by atoms with van der Waals surface area (Å²) in [5, 5.41) is 20.3. The van der Waals surface area contributed by atoms with Crippen LogP contribution in [0.5, 0.6) is 0 Å². The zero-order valence-electron chi connectivity index (χ0n) is 11.0. The molecule has 0 bridgehead atoms. The molecule has 0 saturated heterocycles. The summed E-state index contributed by atoms with van der Waals surface area (Å²) in [5.41, 5.74) is 2.01. The van der Waals surface area contributed by atoms with Gasteiger partial charge in [-0.25, -0.2) is 4.98 Å². The first-order valence-electron chi connectivity index (χ1n) is 6.35. The predicted molar refractivity (Wildman–Crippen MR) is 80.2 cm³/mol. The number of hydrogen-bond acceptors (Lipinski definition) is 5. The van der Waals surface area contributed by atoms with Gasteiger partial charge >= 0.3 is 0 Å². The highest BCUT2D eigenvalue weighted by Gasteiger charge is 2.11. The molecule has 1 aromatic heterocycles. The van der Waals surface area contributed by atoms with Crippen molar-refractivity contribution in [3.8, 4) is 23.4 Å². The Bertz CT molecular complexity index is 603. The number of nitrogens with zero attached hydrogens (tertiary/aromatic N) is 4. The van der Waals surface area contributed by atoms with Crippen LogP contribution < -0.4 is 4.90 Å². The van der Waals surface area contributed by atoms with Crippen LogP contribution >= 0.6 is 11.3 Å². The Kier molecular flexibility index (Phi) is 5.11. The van der Waals surface area contributed by atoms with Crippen molar-refractivity contribution in [2.24, 2.45) is 0 Å². The van der Waals surface area contributed by atoms with E-state index in [1.54, 1.807) is 11.3 Å². The van der Waals surface area contributed by atoms with E-state index in [4.69, 9.17) is 10.5 Å². The van der Waals surface area contributed by atoms with Gasteiger partial charge in [0.05, 0.1) is 30.7 Å². The monoisotopic (exact) mass is 282 g/mol. The smallest absolute Gasteiger partial charge is 0.185 e. The molecule has 100 valence electrons. The van der Waals surface area contributed by atoms with Crippen LogP contribution in [0.4, 0.5) is 5.13 Å². The summed E-state index contributed by atoms with van der Waals surface area (Å²) in [6.45, 7) is 1.22. The van der Waals surface area contributed by atoms with E-state index in [2.05, 4.69) is 17.1 Å². The van der Waals surface area contributed by atoms with Gasteiger partial charge in [0.25, 0.3) is 0 Å². The molecule has 0 aliphatic heterocycles. The normalized spacial score (nSPS) is 9.70. The maximum atomic E-state index is 8.71. The molecule has 0 N–H and O–H groups in total. The SMILES string of the molecule is N#CCCN(CCC#N)c1nc(-c2ccccc2)cs1. The van der Waals surface area contributed by atoms with E-state index in [1.807, 2.05) is 40.6 Å². The van der Waals surface area contributed by atoms with E-state index in [-0.39, 0.29) is 0 Å². The van der Waals surface area contributed by atoms with Crippen molar-refractivity contribution in [3.05, 3.63) is 35.7 Å². The lowest BCUT2D eigenvalue weighted by Crippen LogP contribution is -2.25. The second-order valence-corrected chi connectivity index (χ2v) is 5.02. The Morgan fingerprint density at radius 2 is 1.70 bits per heavy atom. The quantitative estimate of drug-likeness (QED) is 0.814. The number of benzene rings is 1. The van der Waals surface area contributed by atoms with Gasteiger partial charge in [-0.15, -0.1) is 11.3 Å². The van der Waals surface area contributed by atoms with Gasteiger partial charge in [-0.3, -0.25) is 0 Å². The van der Waals surface area contributed by atoms with Gasteiger partial charge in [-0.2, -0.15) is 10.5 Å². The van der Waals surface area contributed by atoms with Gasteiger partial charge in [-0.1, -0.05) is 30.3 Å². The van der Waals surface area contributed by atoms with Crippen LogP contribution in [0.25, 0.3) is 11.3 Å². The molecule has 20 heavy (non-hydrogen) atoms. The summed E-state index contributed by atoms with van der Waals surface area (Å²) in [4.78, 5) is 6.62. The van der Waals surface area contributed by atoms with Crippen LogP contribution in [0.2, 0.25) is 0 Å². The molecule has 0 aliphatic carbocycles. The lowest BCUT2D eigenvalue weighted by Gasteiger charge is -2.18. The van der Waals surface area contributed by atoms with E-state index in [1.165, 1.54) is 0 Å². The highest BCUT2D eigenvalue weighted by Crippen LogP contribution is 2.27. The molecule has 1 aromatic carbocycles. The van der Waals surface area contributed by atoms with Crippen molar-refractivity contribution in [3.63, 3.8) is 0 Å². The molecule has 2 aromatic rings. The minimum Gasteiger partial charge on any atom is -0.346 e. The first-order valence-corrected chi connectivity index (χ1v) is 7.23. The standard InChI is InChI=1S/C15H14N4S/c16-8-4-10-19(11-5-9-17)15-18-14(12-20-15)13-6-2-1-3-7-13/h1-3,6-7,12H,4-5,10-11H2. The number of anilines is 1. The summed E-state index contributed by atoms with van der Waals surface area (Å²) >= 11 is 1.55. The van der Waals surface area contributed by atoms with Gasteiger partial charge in [0, 0.05) is 24.0 Å². The lowest BCUT2D eigenvalue weighted by molar-refractivity contribution is 0.793. The van der Waals surface area contributed by atoms with Gasteiger partial charge in [0.2, 0.25) is 0 Å². The number of rotatable bonds is 6. The zero-order valence-corrected chi connectivity index (χ0v) is 11.8. The van der Waals surface area contributed by atoms with Crippen molar-refractivity contribution in [2.45, 2.75) is 12.8 Å². The summed E-state index contributed by atoms with van der Waals surface area (Å²) in [7, 11) is 0. The van der Waals surface area contributed by atoms with Crippen molar-refractivity contribution < 1.29 is 0 Å². The average Bonchev–Trinajstić information content (AvgIpc) is 2.98. The third-order valence-corrected chi connectivity index (χ3v) is 3.72. The molecule has 4 nitrogen and oxygen atoms in total. The van der Waals surface area contributed by atoms with Crippen molar-refractivity contribution in [1.82, 2.24) is 4.98 Å². The Hall–Kier alpha value is -2.37. The third-order valence-electron chi connectivity index (χ3n) is 2.82. The minimum atomic E-state index is 0.436. The highest BCUT2D eigenvalue weighted by molar-refractivity contribution is 7.14. The van der Waals surface area contributed by atoms with Crippen LogP contribution in [0.3, 0.4) is 0 Å². The maximum Gasteiger partial charge on any atom is 0.185 e. The van der Waals surface area contributed by atoms with Crippen molar-refractivity contribution in [2.75, 3.05) is 18.0 Å². The maximum absolute atomic E-state index is 8.71. The Morgan fingerprint density at radius 1 is 1.05 bits per heavy atom. The first-order chi connectivity index (χ1) is 9.85. The number of aromatic nitrogens is 1. The van der Waals surface area contributed by atoms with Crippen LogP contribution in [-0.4, -0.2) is 18.1 Å². The molecule has 0 spiro atoms. The van der Waals surface area contributed by atoms with Gasteiger partial charge in [0.1, 0.15) is 0 Å². The van der Waals surface area contributed by atoms with Gasteiger partial charge in [-0.05, 0) is 0 Å². The number of hydrogen-bond donors (Lipinski definition) is 0. The fourth-order valence-electron chi connectivity index (χ4n) is 1.82. The summed E-state index contributed by atoms with van der Waals surface area (Å²) in [5.74, 6) is 0. The molecule has 0 atom stereocenters. The molecule has 0 aliphatic rings. The number of nitriles is 2. The largest absolute Gasteiger partial charge is 0.346 e. The second kappa shape index (κ2) is 7.28. The molecule has 0 amide bonds. The van der Waals surface area contributed by atoms with Gasteiger partial charge < -0.3 is 4.90 Å².